The summed E-state index contributed by atoms with van der Waals surface area (Å²) in [5.41, 5.74) is 0.370. The normalized spacial score (nSPS) is 37.8. The monoisotopic (exact) mass is 309 g/mol. The van der Waals surface area contributed by atoms with Crippen LogP contribution < -0.4 is 5.32 Å². The molecule has 4 aliphatic rings. The zero-order valence-electron chi connectivity index (χ0n) is 12.9. The topological polar surface area (TPSA) is 36.9 Å². The number of morpholine rings is 1. The molecule has 2 atom stereocenters. The first-order valence-corrected chi connectivity index (χ1v) is 9.63. The lowest BCUT2D eigenvalue weighted by molar-refractivity contribution is -0.0431. The molecule has 0 amide bonds. The Balaban J connectivity index is 1.30. The van der Waals surface area contributed by atoms with Crippen LogP contribution in [0, 0.1) is 0 Å². The third kappa shape index (κ3) is 3.10. The summed E-state index contributed by atoms with van der Waals surface area (Å²) in [6, 6.07) is 0.693. The van der Waals surface area contributed by atoms with E-state index < -0.39 is 0 Å². The van der Waals surface area contributed by atoms with Crippen molar-refractivity contribution in [2.24, 2.45) is 4.99 Å². The summed E-state index contributed by atoms with van der Waals surface area (Å²) >= 11 is 1.93. The molecule has 5 heteroatoms. The lowest BCUT2D eigenvalue weighted by atomic mass is 9.83. The Bertz CT molecular complexity index is 408. The van der Waals surface area contributed by atoms with Crippen LogP contribution in [0.3, 0.4) is 0 Å². The third-order valence-electron chi connectivity index (χ3n) is 5.57. The van der Waals surface area contributed by atoms with Gasteiger partial charge in [0.15, 0.2) is 5.17 Å². The molecule has 0 aromatic rings. The second-order valence-electron chi connectivity index (χ2n) is 7.15. The molecule has 0 aromatic carbocycles. The van der Waals surface area contributed by atoms with Crippen LogP contribution in [-0.4, -0.2) is 59.7 Å². The van der Waals surface area contributed by atoms with Gasteiger partial charge in [-0.15, -0.1) is 0 Å². The van der Waals surface area contributed by atoms with Gasteiger partial charge in [0.1, 0.15) is 0 Å². The first kappa shape index (κ1) is 14.3. The maximum atomic E-state index is 6.00. The summed E-state index contributed by atoms with van der Waals surface area (Å²) in [4.78, 5) is 7.43. The van der Waals surface area contributed by atoms with Gasteiger partial charge >= 0.3 is 0 Å². The van der Waals surface area contributed by atoms with Gasteiger partial charge < -0.3 is 10.1 Å². The highest BCUT2D eigenvalue weighted by atomic mass is 32.2. The predicted octanol–water partition coefficient (Wildman–Crippen LogP) is 2.24. The van der Waals surface area contributed by atoms with E-state index in [9.17, 15) is 0 Å². The fourth-order valence-electron chi connectivity index (χ4n) is 4.27. The lowest BCUT2D eigenvalue weighted by Crippen LogP contribution is -2.47. The molecule has 0 radical (unpaired) electrons. The second kappa shape index (κ2) is 6.09. The maximum absolute atomic E-state index is 6.00. The number of fused-ring (bicyclic) bond motifs is 1. The van der Waals surface area contributed by atoms with Crippen LogP contribution in [0.5, 0.6) is 0 Å². The fraction of sp³-hybridized carbons (Fsp3) is 0.938. The molecule has 4 fully saturated rings. The van der Waals surface area contributed by atoms with E-state index in [1.807, 2.05) is 11.8 Å². The van der Waals surface area contributed by atoms with Crippen LogP contribution in [0.25, 0.3) is 0 Å². The van der Waals surface area contributed by atoms with Gasteiger partial charge in [0.25, 0.3) is 0 Å². The number of aliphatic imine (C=N–C) groups is 1. The van der Waals surface area contributed by atoms with Crippen LogP contribution in [0.15, 0.2) is 4.99 Å². The first-order valence-electron chi connectivity index (χ1n) is 8.64. The molecule has 21 heavy (non-hydrogen) atoms. The number of nitrogens with zero attached hydrogens (tertiary/aromatic N) is 2. The Kier molecular flexibility index (Phi) is 4.16. The molecule has 1 saturated carbocycles. The number of rotatable bonds is 2. The number of thioether (sulfide) groups is 1. The summed E-state index contributed by atoms with van der Waals surface area (Å²) in [7, 11) is 0. The van der Waals surface area contributed by atoms with E-state index in [1.54, 1.807) is 0 Å². The van der Waals surface area contributed by atoms with Crippen LogP contribution in [0.4, 0.5) is 0 Å². The molecule has 0 bridgehead atoms. The van der Waals surface area contributed by atoms with Crippen molar-refractivity contribution >= 4 is 16.9 Å². The molecule has 2 unspecified atom stereocenters. The van der Waals surface area contributed by atoms with Crippen molar-refractivity contribution < 1.29 is 4.74 Å². The molecule has 3 heterocycles. The Morgan fingerprint density at radius 3 is 3.10 bits per heavy atom. The highest BCUT2D eigenvalue weighted by molar-refractivity contribution is 8.14. The van der Waals surface area contributed by atoms with E-state index >= 15 is 0 Å². The van der Waals surface area contributed by atoms with Crippen LogP contribution in [0.2, 0.25) is 0 Å². The van der Waals surface area contributed by atoms with E-state index in [0.29, 0.717) is 17.7 Å². The fourth-order valence-corrected chi connectivity index (χ4v) is 5.50. The van der Waals surface area contributed by atoms with Crippen molar-refractivity contribution in [2.45, 2.75) is 62.6 Å². The SMILES string of the molecule is C1CCC2(CC1)CSC(=NCC1CN3CCCC3CO1)N2. The molecule has 1 N–H and O–H groups in total. The zero-order valence-corrected chi connectivity index (χ0v) is 13.7. The van der Waals surface area contributed by atoms with Crippen molar-refractivity contribution in [3.8, 4) is 0 Å². The average molecular weight is 309 g/mol. The second-order valence-corrected chi connectivity index (χ2v) is 8.11. The van der Waals surface area contributed by atoms with Gasteiger partial charge in [-0.2, -0.15) is 0 Å². The first-order chi connectivity index (χ1) is 10.3. The molecular formula is C16H27N3OS. The molecule has 4 rings (SSSR count). The summed E-state index contributed by atoms with van der Waals surface area (Å²) in [5.74, 6) is 1.21. The summed E-state index contributed by atoms with van der Waals surface area (Å²) in [6.45, 7) is 4.09. The average Bonchev–Trinajstić information content (AvgIpc) is 3.13. The smallest absolute Gasteiger partial charge is 0.157 e. The Morgan fingerprint density at radius 2 is 2.19 bits per heavy atom. The van der Waals surface area contributed by atoms with Gasteiger partial charge in [-0.3, -0.25) is 9.89 Å². The molecule has 1 spiro atoms. The van der Waals surface area contributed by atoms with E-state index in [1.165, 1.54) is 62.4 Å². The maximum Gasteiger partial charge on any atom is 0.157 e. The molecule has 1 aliphatic carbocycles. The van der Waals surface area contributed by atoms with E-state index in [0.717, 1.165) is 19.7 Å². The van der Waals surface area contributed by atoms with Gasteiger partial charge in [-0.05, 0) is 32.2 Å². The summed E-state index contributed by atoms with van der Waals surface area (Å²) in [5, 5.41) is 4.91. The molecule has 0 aromatic heterocycles. The van der Waals surface area contributed by atoms with E-state index in [-0.39, 0.29) is 0 Å². The van der Waals surface area contributed by atoms with Crippen LogP contribution in [-0.2, 0) is 4.74 Å². The number of ether oxygens (including phenoxy) is 1. The van der Waals surface area contributed by atoms with Gasteiger partial charge in [-0.1, -0.05) is 31.0 Å². The van der Waals surface area contributed by atoms with Gasteiger partial charge in [-0.25, -0.2) is 0 Å². The highest BCUT2D eigenvalue weighted by Crippen LogP contribution is 2.36. The largest absolute Gasteiger partial charge is 0.373 e. The minimum Gasteiger partial charge on any atom is -0.373 e. The quantitative estimate of drug-likeness (QED) is 0.849. The van der Waals surface area contributed by atoms with Crippen LogP contribution >= 0.6 is 11.8 Å². The van der Waals surface area contributed by atoms with Gasteiger partial charge in [0, 0.05) is 23.9 Å². The standard InChI is InChI=1S/C16H27N3OS/c1-2-6-16(7-3-1)12-21-15(18-16)17-9-14-10-19-8-4-5-13(19)11-20-14/h13-14H,1-12H2,(H,17,18). The van der Waals surface area contributed by atoms with Crippen molar-refractivity contribution in [1.82, 2.24) is 10.2 Å². The highest BCUT2D eigenvalue weighted by Gasteiger charge is 2.38. The zero-order chi connectivity index (χ0) is 14.1. The minimum atomic E-state index is 0.303. The van der Waals surface area contributed by atoms with Crippen LogP contribution in [0.1, 0.15) is 44.9 Å². The number of amidine groups is 1. The van der Waals surface area contributed by atoms with Gasteiger partial charge in [0.05, 0.1) is 19.3 Å². The number of hydrogen-bond acceptors (Lipinski definition) is 4. The third-order valence-corrected chi connectivity index (χ3v) is 6.77. The van der Waals surface area contributed by atoms with Crippen molar-refractivity contribution in [1.29, 1.82) is 0 Å². The molecule has 3 saturated heterocycles. The van der Waals surface area contributed by atoms with Crippen molar-refractivity contribution in [3.63, 3.8) is 0 Å². The molecular weight excluding hydrogens is 282 g/mol. The van der Waals surface area contributed by atoms with Crippen molar-refractivity contribution in [2.75, 3.05) is 32.0 Å². The summed E-state index contributed by atoms with van der Waals surface area (Å²) < 4.78 is 6.00. The molecule has 118 valence electrons. The van der Waals surface area contributed by atoms with E-state index in [4.69, 9.17) is 9.73 Å². The lowest BCUT2D eigenvalue weighted by Gasteiger charge is -2.34. The minimum absolute atomic E-state index is 0.303. The Labute approximate surface area is 132 Å². The Hall–Kier alpha value is -0.260. The van der Waals surface area contributed by atoms with Gasteiger partial charge in [0.2, 0.25) is 0 Å². The number of hydrogen-bond donors (Lipinski definition) is 1. The van der Waals surface area contributed by atoms with Crippen molar-refractivity contribution in [3.05, 3.63) is 0 Å². The van der Waals surface area contributed by atoms with E-state index in [2.05, 4.69) is 10.2 Å². The summed E-state index contributed by atoms with van der Waals surface area (Å²) in [6.07, 6.45) is 9.79. The Morgan fingerprint density at radius 1 is 1.29 bits per heavy atom. The molecule has 4 nitrogen and oxygen atoms in total. The molecule has 3 aliphatic heterocycles. The number of nitrogens with one attached hydrogen (secondary N) is 1. The predicted molar refractivity (Wildman–Crippen MR) is 88.0 cm³/mol.